The molecule has 120 valence electrons. The largest absolute Gasteiger partial charge is 0.497 e. The van der Waals surface area contributed by atoms with Crippen LogP contribution in [0.1, 0.15) is 37.0 Å². The van der Waals surface area contributed by atoms with E-state index in [0.29, 0.717) is 23.6 Å². The molecule has 0 atom stereocenters. The van der Waals surface area contributed by atoms with Crippen molar-refractivity contribution in [1.29, 1.82) is 0 Å². The van der Waals surface area contributed by atoms with Crippen molar-refractivity contribution in [2.75, 3.05) is 20.8 Å². The van der Waals surface area contributed by atoms with Crippen LogP contribution in [0.2, 0.25) is 0 Å². The van der Waals surface area contributed by atoms with E-state index in [1.54, 1.807) is 25.3 Å². The van der Waals surface area contributed by atoms with Gasteiger partial charge in [-0.2, -0.15) is 0 Å². The minimum Gasteiger partial charge on any atom is -0.497 e. The maximum Gasteiger partial charge on any atom is 0.255 e. The van der Waals surface area contributed by atoms with Gasteiger partial charge in [0, 0.05) is 12.1 Å². The number of amides is 1. The van der Waals surface area contributed by atoms with Crippen LogP contribution in [0.4, 0.5) is 0 Å². The van der Waals surface area contributed by atoms with Crippen LogP contribution in [0.5, 0.6) is 11.5 Å². The monoisotopic (exact) mass is 316 g/mol. The van der Waals surface area contributed by atoms with Crippen LogP contribution in [0.15, 0.2) is 18.2 Å². The molecule has 6 heteroatoms. The number of nitrogens with one attached hydrogen (secondary N) is 1. The van der Waals surface area contributed by atoms with Gasteiger partial charge in [0.15, 0.2) is 0 Å². The Bertz CT molecular complexity index is 462. The minimum absolute atomic E-state index is 0. The van der Waals surface area contributed by atoms with Gasteiger partial charge in [-0.05, 0) is 31.0 Å². The van der Waals surface area contributed by atoms with Gasteiger partial charge < -0.3 is 20.5 Å². The van der Waals surface area contributed by atoms with Gasteiger partial charge in [0.1, 0.15) is 11.5 Å². The smallest absolute Gasteiger partial charge is 0.255 e. The molecule has 0 heterocycles. The molecule has 0 saturated heterocycles. The average molecular weight is 317 g/mol. The second-order valence-corrected chi connectivity index (χ2v) is 4.82. The van der Waals surface area contributed by atoms with Crippen molar-refractivity contribution in [2.45, 2.75) is 32.2 Å². The van der Waals surface area contributed by atoms with Crippen LogP contribution in [-0.2, 0) is 0 Å². The average Bonchev–Trinajstić information content (AvgIpc) is 2.51. The molecule has 3 N–H and O–H groups in total. The Morgan fingerprint density at radius 3 is 2.33 bits per heavy atom. The molecule has 1 aromatic carbocycles. The standard InChI is InChI=1S/C15H24N2O3.ClH/c1-5-15(16,6-2)10-17-14(18)12-9-11(19-3)7-8-13(12)20-4;/h7-9H,5-6,10,16H2,1-4H3,(H,17,18);1H. The molecule has 0 spiro atoms. The number of nitrogens with two attached hydrogens (primary N) is 1. The summed E-state index contributed by atoms with van der Waals surface area (Å²) >= 11 is 0. The molecule has 0 unspecified atom stereocenters. The Morgan fingerprint density at radius 2 is 1.86 bits per heavy atom. The third-order valence-corrected chi connectivity index (χ3v) is 3.66. The summed E-state index contributed by atoms with van der Waals surface area (Å²) in [6, 6.07) is 5.12. The van der Waals surface area contributed by atoms with Crippen LogP contribution >= 0.6 is 12.4 Å². The van der Waals surface area contributed by atoms with Crippen molar-refractivity contribution >= 4 is 18.3 Å². The highest BCUT2D eigenvalue weighted by Gasteiger charge is 2.22. The summed E-state index contributed by atoms with van der Waals surface area (Å²) in [6.07, 6.45) is 1.61. The first-order valence-corrected chi connectivity index (χ1v) is 6.78. The van der Waals surface area contributed by atoms with Gasteiger partial charge in [-0.15, -0.1) is 12.4 Å². The van der Waals surface area contributed by atoms with Crippen LogP contribution in [0.3, 0.4) is 0 Å². The zero-order valence-corrected chi connectivity index (χ0v) is 13.9. The fourth-order valence-corrected chi connectivity index (χ4v) is 1.84. The molecule has 1 rings (SSSR count). The van der Waals surface area contributed by atoms with E-state index >= 15 is 0 Å². The number of carbonyl (C=O) groups excluding carboxylic acids is 1. The Balaban J connectivity index is 0.00000400. The number of halogens is 1. The number of methoxy groups -OCH3 is 2. The van der Waals surface area contributed by atoms with Crippen molar-refractivity contribution in [1.82, 2.24) is 5.32 Å². The van der Waals surface area contributed by atoms with Gasteiger partial charge in [-0.3, -0.25) is 4.79 Å². The first-order chi connectivity index (χ1) is 9.49. The summed E-state index contributed by atoms with van der Waals surface area (Å²) in [4.78, 5) is 12.3. The fourth-order valence-electron chi connectivity index (χ4n) is 1.84. The van der Waals surface area contributed by atoms with Crippen molar-refractivity contribution in [2.24, 2.45) is 5.73 Å². The summed E-state index contributed by atoms with van der Waals surface area (Å²) in [7, 11) is 3.09. The number of ether oxygens (including phenoxy) is 2. The van der Waals surface area contributed by atoms with Gasteiger partial charge in [0.2, 0.25) is 0 Å². The fraction of sp³-hybridized carbons (Fsp3) is 0.533. The van der Waals surface area contributed by atoms with Gasteiger partial charge >= 0.3 is 0 Å². The SMILES string of the molecule is CCC(N)(CC)CNC(=O)c1cc(OC)ccc1OC.Cl. The Kier molecular flexibility index (Phi) is 8.14. The van der Waals surface area contributed by atoms with E-state index in [0.717, 1.165) is 12.8 Å². The second-order valence-electron chi connectivity index (χ2n) is 4.82. The molecule has 1 aromatic rings. The van der Waals surface area contributed by atoms with Crippen molar-refractivity contribution in [3.05, 3.63) is 23.8 Å². The molecular weight excluding hydrogens is 292 g/mol. The van der Waals surface area contributed by atoms with Gasteiger partial charge in [0.25, 0.3) is 5.91 Å². The van der Waals surface area contributed by atoms with E-state index < -0.39 is 0 Å². The molecule has 0 radical (unpaired) electrons. The summed E-state index contributed by atoms with van der Waals surface area (Å²) in [5.41, 5.74) is 6.25. The lowest BCUT2D eigenvalue weighted by molar-refractivity contribution is 0.0938. The molecule has 0 saturated carbocycles. The molecule has 1 amide bonds. The highest BCUT2D eigenvalue weighted by Crippen LogP contribution is 2.24. The molecule has 5 nitrogen and oxygen atoms in total. The third kappa shape index (κ3) is 5.10. The number of benzene rings is 1. The van der Waals surface area contributed by atoms with Crippen LogP contribution in [0.25, 0.3) is 0 Å². The quantitative estimate of drug-likeness (QED) is 0.810. The number of hydrogen-bond donors (Lipinski definition) is 2. The molecule has 0 aliphatic rings. The van der Waals surface area contributed by atoms with E-state index in [2.05, 4.69) is 5.32 Å². The van der Waals surface area contributed by atoms with E-state index in [-0.39, 0.29) is 23.9 Å². The van der Waals surface area contributed by atoms with Crippen molar-refractivity contribution < 1.29 is 14.3 Å². The topological polar surface area (TPSA) is 73.6 Å². The lowest BCUT2D eigenvalue weighted by Crippen LogP contribution is -2.49. The highest BCUT2D eigenvalue weighted by atomic mass is 35.5. The molecule has 0 bridgehead atoms. The summed E-state index contributed by atoms with van der Waals surface area (Å²) in [5, 5.41) is 2.87. The van der Waals surface area contributed by atoms with Gasteiger partial charge in [-0.1, -0.05) is 13.8 Å². The first-order valence-electron chi connectivity index (χ1n) is 6.78. The van der Waals surface area contributed by atoms with Crippen LogP contribution in [0, 0.1) is 0 Å². The molecular formula is C15H25ClN2O3. The lowest BCUT2D eigenvalue weighted by Gasteiger charge is -2.27. The molecule has 21 heavy (non-hydrogen) atoms. The number of rotatable bonds is 7. The zero-order chi connectivity index (χ0) is 15.2. The Hall–Kier alpha value is -1.46. The molecule has 0 aromatic heterocycles. The van der Waals surface area contributed by atoms with Gasteiger partial charge in [0.05, 0.1) is 19.8 Å². The maximum atomic E-state index is 12.3. The predicted molar refractivity (Wildman–Crippen MR) is 86.6 cm³/mol. The number of carbonyl (C=O) groups is 1. The van der Waals surface area contributed by atoms with Crippen molar-refractivity contribution in [3.8, 4) is 11.5 Å². The minimum atomic E-state index is -0.373. The van der Waals surface area contributed by atoms with Crippen LogP contribution in [-0.4, -0.2) is 32.2 Å². The summed E-state index contributed by atoms with van der Waals surface area (Å²) < 4.78 is 10.3. The van der Waals surface area contributed by atoms with E-state index in [1.807, 2.05) is 13.8 Å². The second kappa shape index (κ2) is 8.74. The predicted octanol–water partition coefficient (Wildman–Crippen LogP) is 2.37. The zero-order valence-electron chi connectivity index (χ0n) is 13.1. The molecule has 0 aliphatic carbocycles. The number of hydrogen-bond acceptors (Lipinski definition) is 4. The van der Waals surface area contributed by atoms with E-state index in [4.69, 9.17) is 15.2 Å². The Labute approximate surface area is 132 Å². The Morgan fingerprint density at radius 1 is 1.24 bits per heavy atom. The molecule has 0 aliphatic heterocycles. The first kappa shape index (κ1) is 19.5. The van der Waals surface area contributed by atoms with E-state index in [1.165, 1.54) is 7.11 Å². The summed E-state index contributed by atoms with van der Waals surface area (Å²) in [5.74, 6) is 0.914. The van der Waals surface area contributed by atoms with Crippen molar-refractivity contribution in [3.63, 3.8) is 0 Å². The van der Waals surface area contributed by atoms with Gasteiger partial charge in [-0.25, -0.2) is 0 Å². The van der Waals surface area contributed by atoms with E-state index in [9.17, 15) is 4.79 Å². The summed E-state index contributed by atoms with van der Waals surface area (Å²) in [6.45, 7) is 4.46. The lowest BCUT2D eigenvalue weighted by atomic mass is 9.94. The maximum absolute atomic E-state index is 12.3. The molecule has 0 fully saturated rings. The van der Waals surface area contributed by atoms with Crippen LogP contribution < -0.4 is 20.5 Å². The third-order valence-electron chi connectivity index (χ3n) is 3.66. The normalized spacial score (nSPS) is 10.5. The highest BCUT2D eigenvalue weighted by molar-refractivity contribution is 5.97.